The SMILES string of the molecule is O=c1ncn(Cc2ccccc2)c(=O)c2ncn(Cc3ccccc3)c12. The third-order valence-corrected chi connectivity index (χ3v) is 4.21. The summed E-state index contributed by atoms with van der Waals surface area (Å²) < 4.78 is 3.09. The molecule has 0 aliphatic carbocycles. The average molecular weight is 344 g/mol. The van der Waals surface area contributed by atoms with Crippen LogP contribution in [0.1, 0.15) is 11.1 Å². The van der Waals surface area contributed by atoms with Crippen LogP contribution in [0.25, 0.3) is 11.0 Å². The van der Waals surface area contributed by atoms with Crippen LogP contribution in [-0.4, -0.2) is 19.1 Å². The van der Waals surface area contributed by atoms with Gasteiger partial charge in [0.1, 0.15) is 11.8 Å². The van der Waals surface area contributed by atoms with E-state index in [0.29, 0.717) is 13.1 Å². The molecule has 0 N–H and O–H groups in total. The molecule has 6 heteroatoms. The minimum Gasteiger partial charge on any atom is -0.321 e. The van der Waals surface area contributed by atoms with Crippen molar-refractivity contribution in [3.63, 3.8) is 0 Å². The maximum absolute atomic E-state index is 12.9. The minimum absolute atomic E-state index is 0.138. The number of fused-ring (bicyclic) bond motifs is 1. The topological polar surface area (TPSA) is 69.8 Å². The normalized spacial score (nSPS) is 10.9. The first kappa shape index (κ1) is 16.0. The van der Waals surface area contributed by atoms with Gasteiger partial charge in [0, 0.05) is 6.54 Å². The zero-order chi connectivity index (χ0) is 17.9. The lowest BCUT2D eigenvalue weighted by Crippen LogP contribution is -2.18. The van der Waals surface area contributed by atoms with Gasteiger partial charge in [-0.15, -0.1) is 0 Å². The first-order chi connectivity index (χ1) is 12.7. The highest BCUT2D eigenvalue weighted by molar-refractivity contribution is 5.72. The van der Waals surface area contributed by atoms with Gasteiger partial charge in [-0.1, -0.05) is 60.7 Å². The second kappa shape index (κ2) is 6.76. The molecule has 0 amide bonds. The summed E-state index contributed by atoms with van der Waals surface area (Å²) in [5.41, 5.74) is 1.54. The molecular weight excluding hydrogens is 328 g/mol. The van der Waals surface area contributed by atoms with Crippen LogP contribution in [0, 0.1) is 0 Å². The van der Waals surface area contributed by atoms with E-state index < -0.39 is 5.56 Å². The van der Waals surface area contributed by atoms with Gasteiger partial charge in [-0.2, -0.15) is 4.98 Å². The molecule has 0 fully saturated rings. The van der Waals surface area contributed by atoms with E-state index >= 15 is 0 Å². The maximum Gasteiger partial charge on any atom is 0.297 e. The van der Waals surface area contributed by atoms with Crippen molar-refractivity contribution in [2.24, 2.45) is 0 Å². The summed E-state index contributed by atoms with van der Waals surface area (Å²) >= 11 is 0. The lowest BCUT2D eigenvalue weighted by molar-refractivity contribution is 0.749. The molecule has 4 aromatic rings. The van der Waals surface area contributed by atoms with Gasteiger partial charge in [0.25, 0.3) is 11.1 Å². The number of hydrogen-bond acceptors (Lipinski definition) is 4. The molecule has 6 nitrogen and oxygen atoms in total. The molecule has 0 radical (unpaired) electrons. The van der Waals surface area contributed by atoms with Crippen molar-refractivity contribution in [1.82, 2.24) is 19.1 Å². The number of rotatable bonds is 4. The molecule has 2 aromatic heterocycles. The summed E-state index contributed by atoms with van der Waals surface area (Å²) in [7, 11) is 0. The Hall–Kier alpha value is -3.54. The van der Waals surface area contributed by atoms with E-state index in [-0.39, 0.29) is 16.6 Å². The third-order valence-electron chi connectivity index (χ3n) is 4.21. The van der Waals surface area contributed by atoms with Gasteiger partial charge in [-0.25, -0.2) is 4.98 Å². The minimum atomic E-state index is -0.461. The summed E-state index contributed by atoms with van der Waals surface area (Å²) in [4.78, 5) is 33.5. The van der Waals surface area contributed by atoms with Gasteiger partial charge >= 0.3 is 0 Å². The molecule has 0 unspecified atom stereocenters. The number of benzene rings is 2. The first-order valence-electron chi connectivity index (χ1n) is 8.25. The molecule has 26 heavy (non-hydrogen) atoms. The Bertz CT molecular complexity index is 1170. The fraction of sp³-hybridized carbons (Fsp3) is 0.100. The Labute approximate surface area is 149 Å². The highest BCUT2D eigenvalue weighted by atomic mass is 16.1. The fourth-order valence-corrected chi connectivity index (χ4v) is 2.93. The zero-order valence-corrected chi connectivity index (χ0v) is 13.9. The van der Waals surface area contributed by atoms with Crippen molar-refractivity contribution in [2.75, 3.05) is 0 Å². The van der Waals surface area contributed by atoms with Crippen LogP contribution >= 0.6 is 0 Å². The van der Waals surface area contributed by atoms with Gasteiger partial charge in [0.2, 0.25) is 0 Å². The summed E-state index contributed by atoms with van der Waals surface area (Å²) in [6.45, 7) is 0.790. The Kier molecular flexibility index (Phi) is 4.15. The van der Waals surface area contributed by atoms with Crippen LogP contribution < -0.4 is 11.1 Å². The Balaban J connectivity index is 1.82. The molecule has 0 spiro atoms. The number of hydrogen-bond donors (Lipinski definition) is 0. The Morgan fingerprint density at radius 1 is 0.692 bits per heavy atom. The van der Waals surface area contributed by atoms with Crippen molar-refractivity contribution >= 4 is 11.0 Å². The summed E-state index contributed by atoms with van der Waals surface area (Å²) in [5.74, 6) is 0. The van der Waals surface area contributed by atoms with Crippen LogP contribution in [0.3, 0.4) is 0 Å². The first-order valence-corrected chi connectivity index (χ1v) is 8.25. The van der Waals surface area contributed by atoms with E-state index in [4.69, 9.17) is 0 Å². The predicted octanol–water partition coefficient (Wildman–Crippen LogP) is 2.05. The van der Waals surface area contributed by atoms with Gasteiger partial charge in [-0.05, 0) is 11.1 Å². The fourth-order valence-electron chi connectivity index (χ4n) is 2.93. The Morgan fingerprint density at radius 3 is 1.85 bits per heavy atom. The molecule has 128 valence electrons. The van der Waals surface area contributed by atoms with Gasteiger partial charge in [0.15, 0.2) is 5.52 Å². The van der Waals surface area contributed by atoms with Crippen LogP contribution in [0.4, 0.5) is 0 Å². The molecular formula is C20H16N4O2. The molecule has 0 atom stereocenters. The molecule has 0 aliphatic rings. The number of nitrogens with zero attached hydrogens (tertiary/aromatic N) is 4. The highest BCUT2D eigenvalue weighted by Crippen LogP contribution is 2.08. The van der Waals surface area contributed by atoms with E-state index in [0.717, 1.165) is 11.1 Å². The largest absolute Gasteiger partial charge is 0.321 e. The molecule has 2 aromatic carbocycles. The van der Waals surface area contributed by atoms with Crippen molar-refractivity contribution < 1.29 is 0 Å². The molecule has 0 aliphatic heterocycles. The number of aromatic nitrogens is 4. The molecule has 0 saturated carbocycles. The number of imidazole rings is 1. The predicted molar refractivity (Wildman–Crippen MR) is 99.1 cm³/mol. The van der Waals surface area contributed by atoms with Gasteiger partial charge < -0.3 is 4.57 Å². The van der Waals surface area contributed by atoms with Crippen molar-refractivity contribution in [3.05, 3.63) is 105 Å². The summed E-state index contributed by atoms with van der Waals surface area (Å²) in [5, 5.41) is 0. The standard InChI is InChI=1S/C20H16N4O2/c25-19-18-17(21-13-23(18)11-15-7-3-1-4-8-15)20(26)24(14-22-19)12-16-9-5-2-6-10-16/h1-10,13-14H,11-12H2. The Morgan fingerprint density at radius 2 is 1.23 bits per heavy atom. The van der Waals surface area contributed by atoms with E-state index in [2.05, 4.69) is 9.97 Å². The zero-order valence-electron chi connectivity index (χ0n) is 13.9. The van der Waals surface area contributed by atoms with Crippen LogP contribution in [-0.2, 0) is 13.1 Å². The molecule has 2 heterocycles. The molecule has 0 bridgehead atoms. The van der Waals surface area contributed by atoms with Gasteiger partial charge in [-0.3, -0.25) is 14.2 Å². The van der Waals surface area contributed by atoms with Crippen LogP contribution in [0.2, 0.25) is 0 Å². The highest BCUT2D eigenvalue weighted by Gasteiger charge is 2.12. The van der Waals surface area contributed by atoms with Crippen molar-refractivity contribution in [2.45, 2.75) is 13.1 Å². The van der Waals surface area contributed by atoms with E-state index in [9.17, 15) is 9.59 Å². The van der Waals surface area contributed by atoms with E-state index in [1.165, 1.54) is 17.2 Å². The van der Waals surface area contributed by atoms with Crippen molar-refractivity contribution in [1.29, 1.82) is 0 Å². The quantitative estimate of drug-likeness (QED) is 0.568. The lowest BCUT2D eigenvalue weighted by Gasteiger charge is -2.02. The monoisotopic (exact) mass is 344 g/mol. The van der Waals surface area contributed by atoms with E-state index in [1.807, 2.05) is 60.7 Å². The summed E-state index contributed by atoms with van der Waals surface area (Å²) in [6, 6.07) is 19.3. The average Bonchev–Trinajstić information content (AvgIpc) is 3.04. The van der Waals surface area contributed by atoms with Crippen LogP contribution in [0.15, 0.2) is 82.9 Å². The molecule has 0 saturated heterocycles. The molecule has 4 rings (SSSR count). The smallest absolute Gasteiger partial charge is 0.297 e. The summed E-state index contributed by atoms with van der Waals surface area (Å²) in [6.07, 6.45) is 2.82. The maximum atomic E-state index is 12.9. The third kappa shape index (κ3) is 3.04. The second-order valence-corrected chi connectivity index (χ2v) is 6.02. The van der Waals surface area contributed by atoms with E-state index in [1.54, 1.807) is 4.57 Å². The lowest BCUT2D eigenvalue weighted by atomic mass is 10.2. The second-order valence-electron chi connectivity index (χ2n) is 6.02. The van der Waals surface area contributed by atoms with Gasteiger partial charge in [0.05, 0.1) is 12.9 Å². The van der Waals surface area contributed by atoms with Crippen molar-refractivity contribution in [3.8, 4) is 0 Å². The van der Waals surface area contributed by atoms with Crippen LogP contribution in [0.5, 0.6) is 0 Å².